The molecule has 3 aromatic carbocycles. The van der Waals surface area contributed by atoms with Crippen molar-refractivity contribution in [2.45, 2.75) is 150 Å². The van der Waals surface area contributed by atoms with E-state index in [1.54, 1.807) is 38.1 Å². The number of nitrogens with zero attached hydrogens (tertiary/aromatic N) is 3. The number of carbonyl (C=O) groups is 2. The maximum absolute atomic E-state index is 11.4. The van der Waals surface area contributed by atoms with Gasteiger partial charge in [-0.05, 0) is 95.7 Å². The van der Waals surface area contributed by atoms with Crippen LogP contribution in [0.5, 0.6) is 23.0 Å². The first-order chi connectivity index (χ1) is 31.3. The fraction of sp³-hybridized carbons (Fsp3) is 0.500. The molecule has 0 saturated heterocycles. The number of unbranched alkanes of at least 4 members (excludes halogenated alkanes) is 16. The van der Waals surface area contributed by atoms with Gasteiger partial charge in [0, 0.05) is 28.8 Å². The second-order valence-electron chi connectivity index (χ2n) is 17.3. The SMILES string of the molecule is C=C(C)C(=O)OCCCCCCCCCCCOc1ccc(-c2nc(-c3ccc(OCCCCCCCCCCCOC(=O)C(=C)C)cc3O)nc(-c3c(C)cc(C)cc3C)n2)c(O)c1. The van der Waals surface area contributed by atoms with Crippen LogP contribution in [0.1, 0.15) is 146 Å². The minimum absolute atomic E-state index is 0.0133. The smallest absolute Gasteiger partial charge is 0.333 e. The molecule has 0 amide bonds. The standard InChI is InChI=1S/C54H73N3O8/c1-38(2)53(60)64-32-24-20-16-12-8-10-14-18-22-30-62-43-26-28-45(47(58)36-43)50-55-51(57-52(56-50)49-41(6)34-40(5)35-42(49)7)46-29-27-44(37-48(46)59)63-31-23-19-15-11-9-13-17-21-25-33-65-54(61)39(3)4/h26-29,34-37,58-59H,1,3,8-25,30-33H2,2,4-7H3. The highest BCUT2D eigenvalue weighted by molar-refractivity contribution is 5.87. The Morgan fingerprint density at radius 3 is 1.14 bits per heavy atom. The molecule has 11 heteroatoms. The number of ether oxygens (including phenoxy) is 4. The minimum Gasteiger partial charge on any atom is -0.507 e. The normalized spacial score (nSPS) is 11.0. The summed E-state index contributed by atoms with van der Waals surface area (Å²) >= 11 is 0. The third kappa shape index (κ3) is 18.4. The Morgan fingerprint density at radius 2 is 0.800 bits per heavy atom. The average Bonchev–Trinajstić information content (AvgIpc) is 3.26. The number of hydrogen-bond donors (Lipinski definition) is 2. The first kappa shape index (κ1) is 51.9. The van der Waals surface area contributed by atoms with Crippen molar-refractivity contribution in [1.82, 2.24) is 15.0 Å². The molecule has 0 unspecified atom stereocenters. The highest BCUT2D eigenvalue weighted by Gasteiger charge is 2.20. The van der Waals surface area contributed by atoms with Gasteiger partial charge >= 0.3 is 11.9 Å². The Bertz CT molecular complexity index is 2020. The van der Waals surface area contributed by atoms with Gasteiger partial charge in [0.2, 0.25) is 0 Å². The molecule has 0 spiro atoms. The Labute approximate surface area is 387 Å². The van der Waals surface area contributed by atoms with Crippen LogP contribution in [0.15, 0.2) is 72.8 Å². The zero-order chi connectivity index (χ0) is 47.0. The van der Waals surface area contributed by atoms with Crippen molar-refractivity contribution in [1.29, 1.82) is 0 Å². The predicted molar refractivity (Wildman–Crippen MR) is 259 cm³/mol. The first-order valence-electron chi connectivity index (χ1n) is 23.8. The van der Waals surface area contributed by atoms with Crippen molar-refractivity contribution in [3.8, 4) is 57.2 Å². The summed E-state index contributed by atoms with van der Waals surface area (Å²) in [4.78, 5) is 37.4. The third-order valence-electron chi connectivity index (χ3n) is 11.2. The largest absolute Gasteiger partial charge is 0.507 e. The van der Waals surface area contributed by atoms with Crippen molar-refractivity contribution < 1.29 is 38.7 Å². The molecule has 0 bridgehead atoms. The molecule has 4 rings (SSSR count). The van der Waals surface area contributed by atoms with Crippen molar-refractivity contribution in [3.05, 3.63) is 89.5 Å². The second kappa shape index (κ2) is 28.3. The summed E-state index contributed by atoms with van der Waals surface area (Å²) in [6.07, 6.45) is 19.5. The van der Waals surface area contributed by atoms with Gasteiger partial charge < -0.3 is 29.2 Å². The lowest BCUT2D eigenvalue weighted by atomic mass is 9.99. The molecular formula is C54H73N3O8. The summed E-state index contributed by atoms with van der Waals surface area (Å²) in [6.45, 7) is 18.7. The minimum atomic E-state index is -0.311. The highest BCUT2D eigenvalue weighted by atomic mass is 16.5. The molecule has 11 nitrogen and oxygen atoms in total. The van der Waals surface area contributed by atoms with Crippen molar-refractivity contribution in [2.75, 3.05) is 26.4 Å². The van der Waals surface area contributed by atoms with Gasteiger partial charge in [-0.2, -0.15) is 0 Å². The lowest BCUT2D eigenvalue weighted by Crippen LogP contribution is -2.05. The predicted octanol–water partition coefficient (Wildman–Crippen LogP) is 13.2. The van der Waals surface area contributed by atoms with Crippen LogP contribution in [-0.2, 0) is 19.1 Å². The zero-order valence-corrected chi connectivity index (χ0v) is 39.8. The number of carbonyl (C=O) groups excluding carboxylic acids is 2. The van der Waals surface area contributed by atoms with Gasteiger partial charge in [0.25, 0.3) is 0 Å². The van der Waals surface area contributed by atoms with E-state index >= 15 is 0 Å². The van der Waals surface area contributed by atoms with Crippen LogP contribution in [0.2, 0.25) is 0 Å². The van der Waals surface area contributed by atoms with Gasteiger partial charge in [0.15, 0.2) is 17.5 Å². The molecule has 0 aliphatic heterocycles. The maximum atomic E-state index is 11.4. The van der Waals surface area contributed by atoms with Gasteiger partial charge in [-0.1, -0.05) is 121 Å². The summed E-state index contributed by atoms with van der Waals surface area (Å²) in [5.41, 5.74) is 5.76. The van der Waals surface area contributed by atoms with Gasteiger partial charge in [-0.15, -0.1) is 0 Å². The Balaban J connectivity index is 1.27. The quantitative estimate of drug-likeness (QED) is 0.0282. The Hall–Kier alpha value is -5.71. The number of hydrogen-bond acceptors (Lipinski definition) is 11. The fourth-order valence-corrected chi connectivity index (χ4v) is 7.68. The third-order valence-corrected chi connectivity index (χ3v) is 11.2. The first-order valence-corrected chi connectivity index (χ1v) is 23.8. The average molecular weight is 892 g/mol. The number of phenolic OH excluding ortho intramolecular Hbond substituents is 2. The van der Waals surface area contributed by atoms with Crippen LogP contribution in [0.25, 0.3) is 34.2 Å². The van der Waals surface area contributed by atoms with Crippen LogP contribution < -0.4 is 9.47 Å². The molecule has 4 aromatic rings. The van der Waals surface area contributed by atoms with E-state index in [-0.39, 0.29) is 35.1 Å². The van der Waals surface area contributed by atoms with Crippen LogP contribution >= 0.6 is 0 Å². The lowest BCUT2D eigenvalue weighted by molar-refractivity contribution is -0.139. The second-order valence-corrected chi connectivity index (χ2v) is 17.3. The van der Waals surface area contributed by atoms with Gasteiger partial charge in [-0.3, -0.25) is 0 Å². The van der Waals surface area contributed by atoms with Gasteiger partial charge in [0.05, 0.1) is 37.6 Å². The number of esters is 2. The van der Waals surface area contributed by atoms with Crippen molar-refractivity contribution in [3.63, 3.8) is 0 Å². The Kier molecular flexibility index (Phi) is 22.6. The van der Waals surface area contributed by atoms with E-state index in [0.717, 1.165) is 99.3 Å². The molecule has 0 saturated carbocycles. The molecular weight excluding hydrogens is 819 g/mol. The van der Waals surface area contributed by atoms with Crippen molar-refractivity contribution >= 4 is 11.9 Å². The van der Waals surface area contributed by atoms with Crippen LogP contribution in [-0.4, -0.2) is 63.5 Å². The van der Waals surface area contributed by atoms with Crippen molar-refractivity contribution in [2.24, 2.45) is 0 Å². The molecule has 352 valence electrons. The molecule has 0 aliphatic carbocycles. The topological polar surface area (TPSA) is 150 Å². The van der Waals surface area contributed by atoms with Gasteiger partial charge in [-0.25, -0.2) is 24.5 Å². The zero-order valence-electron chi connectivity index (χ0n) is 39.8. The number of benzene rings is 3. The van der Waals surface area contributed by atoms with E-state index in [9.17, 15) is 19.8 Å². The number of phenols is 2. The number of aromatic nitrogens is 3. The van der Waals surface area contributed by atoms with E-state index in [2.05, 4.69) is 32.2 Å². The number of aromatic hydroxyl groups is 2. The number of aryl methyl sites for hydroxylation is 3. The molecule has 0 aliphatic rings. The molecule has 0 radical (unpaired) electrons. The van der Waals surface area contributed by atoms with Crippen LogP contribution in [0, 0.1) is 20.8 Å². The Morgan fingerprint density at radius 1 is 0.477 bits per heavy atom. The summed E-state index contributed by atoms with van der Waals surface area (Å²) in [5, 5.41) is 22.6. The van der Waals surface area contributed by atoms with Crippen LogP contribution in [0.4, 0.5) is 0 Å². The molecule has 1 heterocycles. The lowest BCUT2D eigenvalue weighted by Gasteiger charge is -2.14. The van der Waals surface area contributed by atoms with Crippen LogP contribution in [0.3, 0.4) is 0 Å². The highest BCUT2D eigenvalue weighted by Crippen LogP contribution is 2.37. The molecule has 2 N–H and O–H groups in total. The maximum Gasteiger partial charge on any atom is 0.333 e. The van der Waals surface area contributed by atoms with Gasteiger partial charge in [0.1, 0.15) is 23.0 Å². The van der Waals surface area contributed by atoms with E-state index in [1.165, 1.54) is 38.5 Å². The summed E-state index contributed by atoms with van der Waals surface area (Å²) in [7, 11) is 0. The fourth-order valence-electron chi connectivity index (χ4n) is 7.68. The number of rotatable bonds is 31. The summed E-state index contributed by atoms with van der Waals surface area (Å²) in [5.74, 6) is 1.49. The molecule has 65 heavy (non-hydrogen) atoms. The molecule has 1 aromatic heterocycles. The van der Waals surface area contributed by atoms with E-state index < -0.39 is 0 Å². The summed E-state index contributed by atoms with van der Waals surface area (Å²) < 4.78 is 22.3. The molecule has 0 atom stereocenters. The summed E-state index contributed by atoms with van der Waals surface area (Å²) in [6, 6.07) is 14.5. The van der Waals surface area contributed by atoms with E-state index in [0.29, 0.717) is 66.0 Å². The van der Waals surface area contributed by atoms with E-state index in [1.807, 2.05) is 26.0 Å². The molecule has 0 fully saturated rings. The van der Waals surface area contributed by atoms with E-state index in [4.69, 9.17) is 33.9 Å². The monoisotopic (exact) mass is 892 g/mol.